The van der Waals surface area contributed by atoms with E-state index in [2.05, 4.69) is 10.1 Å². The molecule has 5 heteroatoms. The maximum absolute atomic E-state index is 9.49. The lowest BCUT2D eigenvalue weighted by Crippen LogP contribution is -1.99. The number of hydrogen-bond acceptors (Lipinski definition) is 4. The Labute approximate surface area is 115 Å². The molecule has 1 N–H and O–H groups in total. The lowest BCUT2D eigenvalue weighted by molar-refractivity contribution is 0.283. The van der Waals surface area contributed by atoms with Crippen LogP contribution in [0.25, 0.3) is 16.7 Å². The van der Waals surface area contributed by atoms with Gasteiger partial charge in [-0.3, -0.25) is 0 Å². The molecule has 0 aliphatic rings. The van der Waals surface area contributed by atoms with Crippen LogP contribution in [0, 0.1) is 18.3 Å². The summed E-state index contributed by atoms with van der Waals surface area (Å²) >= 11 is 0. The molecule has 0 spiro atoms. The normalized spacial score (nSPS) is 10.7. The average Bonchev–Trinajstić information content (AvgIpc) is 2.84. The van der Waals surface area contributed by atoms with E-state index in [1.54, 1.807) is 10.7 Å². The minimum atomic E-state index is -0.144. The Kier molecular flexibility index (Phi) is 2.93. The first-order valence-corrected chi connectivity index (χ1v) is 6.20. The van der Waals surface area contributed by atoms with E-state index in [0.29, 0.717) is 11.2 Å². The maximum Gasteiger partial charge on any atom is 0.165 e. The molecule has 0 unspecified atom stereocenters. The van der Waals surface area contributed by atoms with Crippen molar-refractivity contribution in [3.63, 3.8) is 0 Å². The van der Waals surface area contributed by atoms with Crippen LogP contribution in [-0.4, -0.2) is 19.9 Å². The average molecular weight is 264 g/mol. The molecular formula is C15H12N4O. The van der Waals surface area contributed by atoms with Gasteiger partial charge < -0.3 is 5.11 Å². The van der Waals surface area contributed by atoms with Crippen LogP contribution in [-0.2, 0) is 6.61 Å². The minimum absolute atomic E-state index is 0.144. The molecule has 0 saturated heterocycles. The summed E-state index contributed by atoms with van der Waals surface area (Å²) in [6, 6.07) is 13.2. The van der Waals surface area contributed by atoms with Gasteiger partial charge in [0.15, 0.2) is 5.65 Å². The molecule has 5 nitrogen and oxygen atoms in total. The number of pyridine rings is 1. The number of rotatable bonds is 2. The Balaban J connectivity index is 2.38. The summed E-state index contributed by atoms with van der Waals surface area (Å²) in [6.45, 7) is 1.73. The third-order valence-electron chi connectivity index (χ3n) is 3.18. The van der Waals surface area contributed by atoms with Crippen molar-refractivity contribution >= 4 is 11.0 Å². The Morgan fingerprint density at radius 2 is 2.05 bits per heavy atom. The molecule has 98 valence electrons. The van der Waals surface area contributed by atoms with E-state index in [0.717, 1.165) is 16.8 Å². The maximum atomic E-state index is 9.49. The lowest BCUT2D eigenvalue weighted by atomic mass is 10.1. The van der Waals surface area contributed by atoms with E-state index >= 15 is 0 Å². The van der Waals surface area contributed by atoms with Crippen molar-refractivity contribution < 1.29 is 5.11 Å². The summed E-state index contributed by atoms with van der Waals surface area (Å²) in [6.07, 6.45) is 0. The molecule has 0 aliphatic carbocycles. The Hall–Kier alpha value is -2.71. The number of aryl methyl sites for hydroxylation is 1. The van der Waals surface area contributed by atoms with Gasteiger partial charge in [-0.15, -0.1) is 0 Å². The third-order valence-corrected chi connectivity index (χ3v) is 3.18. The number of nitrogens with zero attached hydrogens (tertiary/aromatic N) is 4. The van der Waals surface area contributed by atoms with Crippen molar-refractivity contribution in [2.75, 3.05) is 0 Å². The van der Waals surface area contributed by atoms with Crippen molar-refractivity contribution in [2.45, 2.75) is 13.5 Å². The lowest BCUT2D eigenvalue weighted by Gasteiger charge is -2.04. The molecule has 3 rings (SSSR count). The monoisotopic (exact) mass is 264 g/mol. The quantitative estimate of drug-likeness (QED) is 0.769. The van der Waals surface area contributed by atoms with Crippen molar-refractivity contribution in [1.82, 2.24) is 14.8 Å². The zero-order chi connectivity index (χ0) is 14.1. The summed E-state index contributed by atoms with van der Waals surface area (Å²) in [5, 5.41) is 23.8. The first-order chi connectivity index (χ1) is 9.74. The summed E-state index contributed by atoms with van der Waals surface area (Å²) in [5.74, 6) is 0. The predicted molar refractivity (Wildman–Crippen MR) is 74.2 cm³/mol. The molecule has 0 bridgehead atoms. The van der Waals surface area contributed by atoms with Crippen LogP contribution in [0.1, 0.15) is 17.0 Å². The molecule has 0 saturated carbocycles. The highest BCUT2D eigenvalue weighted by Crippen LogP contribution is 2.24. The fourth-order valence-electron chi connectivity index (χ4n) is 2.31. The molecule has 20 heavy (non-hydrogen) atoms. The molecular weight excluding hydrogens is 252 g/mol. The number of benzene rings is 1. The summed E-state index contributed by atoms with van der Waals surface area (Å²) in [4.78, 5) is 4.33. The van der Waals surface area contributed by atoms with Gasteiger partial charge in [0.1, 0.15) is 11.8 Å². The predicted octanol–water partition coefficient (Wildman–Crippen LogP) is 2.09. The van der Waals surface area contributed by atoms with Crippen molar-refractivity contribution in [3.8, 4) is 11.8 Å². The van der Waals surface area contributed by atoms with E-state index in [1.165, 1.54) is 0 Å². The topological polar surface area (TPSA) is 74.7 Å². The molecule has 0 atom stereocenters. The number of nitriles is 1. The van der Waals surface area contributed by atoms with Crippen molar-refractivity contribution in [3.05, 3.63) is 53.3 Å². The number of aromatic nitrogens is 3. The standard InChI is InChI=1S/C15H12N4O/c1-10-14-11(9-20)7-12(8-16)17-15(14)19(18-10)13-5-3-2-4-6-13/h2-7,20H,9H2,1H3. The van der Waals surface area contributed by atoms with E-state index in [1.807, 2.05) is 43.3 Å². The van der Waals surface area contributed by atoms with Gasteiger partial charge in [0, 0.05) is 5.39 Å². The van der Waals surface area contributed by atoms with E-state index in [9.17, 15) is 5.11 Å². The summed E-state index contributed by atoms with van der Waals surface area (Å²) in [5.41, 5.74) is 3.20. The van der Waals surface area contributed by atoms with Crippen LogP contribution >= 0.6 is 0 Å². The minimum Gasteiger partial charge on any atom is -0.392 e. The first kappa shape index (κ1) is 12.3. The molecule has 0 aliphatic heterocycles. The highest BCUT2D eigenvalue weighted by Gasteiger charge is 2.15. The van der Waals surface area contributed by atoms with Gasteiger partial charge >= 0.3 is 0 Å². The number of para-hydroxylation sites is 1. The third kappa shape index (κ3) is 1.83. The Morgan fingerprint density at radius 1 is 1.30 bits per heavy atom. The van der Waals surface area contributed by atoms with Crippen LogP contribution in [0.15, 0.2) is 36.4 Å². The van der Waals surface area contributed by atoms with Crippen LogP contribution in [0.5, 0.6) is 0 Å². The second-order valence-corrected chi connectivity index (χ2v) is 4.47. The van der Waals surface area contributed by atoms with Crippen molar-refractivity contribution in [1.29, 1.82) is 5.26 Å². The van der Waals surface area contributed by atoms with Gasteiger partial charge in [0.05, 0.1) is 18.0 Å². The van der Waals surface area contributed by atoms with Gasteiger partial charge in [0.25, 0.3) is 0 Å². The first-order valence-electron chi connectivity index (χ1n) is 6.20. The second kappa shape index (κ2) is 4.76. The number of aliphatic hydroxyl groups excluding tert-OH is 1. The van der Waals surface area contributed by atoms with E-state index in [-0.39, 0.29) is 12.3 Å². The zero-order valence-corrected chi connectivity index (χ0v) is 10.9. The van der Waals surface area contributed by atoms with E-state index in [4.69, 9.17) is 5.26 Å². The molecule has 0 amide bonds. The van der Waals surface area contributed by atoms with E-state index < -0.39 is 0 Å². The Morgan fingerprint density at radius 3 is 2.70 bits per heavy atom. The van der Waals surface area contributed by atoms with Gasteiger partial charge in [-0.2, -0.15) is 10.4 Å². The number of hydrogen-bond donors (Lipinski definition) is 1. The van der Waals surface area contributed by atoms with Crippen molar-refractivity contribution in [2.24, 2.45) is 0 Å². The number of aliphatic hydroxyl groups is 1. The van der Waals surface area contributed by atoms with Gasteiger partial charge in [-0.25, -0.2) is 9.67 Å². The molecule has 2 heterocycles. The fourth-order valence-corrected chi connectivity index (χ4v) is 2.31. The van der Waals surface area contributed by atoms with Gasteiger partial charge in [-0.1, -0.05) is 18.2 Å². The smallest absolute Gasteiger partial charge is 0.165 e. The fraction of sp³-hybridized carbons (Fsp3) is 0.133. The second-order valence-electron chi connectivity index (χ2n) is 4.47. The molecule has 0 radical (unpaired) electrons. The SMILES string of the molecule is Cc1nn(-c2ccccc2)c2nc(C#N)cc(CO)c12. The van der Waals surface area contributed by atoms with Crippen LogP contribution < -0.4 is 0 Å². The van der Waals surface area contributed by atoms with Crippen LogP contribution in [0.4, 0.5) is 0 Å². The molecule has 0 fully saturated rings. The van der Waals surface area contributed by atoms with Crippen LogP contribution in [0.2, 0.25) is 0 Å². The summed E-state index contributed by atoms with van der Waals surface area (Å²) in [7, 11) is 0. The highest BCUT2D eigenvalue weighted by atomic mass is 16.3. The number of fused-ring (bicyclic) bond motifs is 1. The largest absolute Gasteiger partial charge is 0.392 e. The molecule has 3 aromatic rings. The van der Waals surface area contributed by atoms with Gasteiger partial charge in [0.2, 0.25) is 0 Å². The summed E-state index contributed by atoms with van der Waals surface area (Å²) < 4.78 is 1.70. The molecule has 1 aromatic carbocycles. The van der Waals surface area contributed by atoms with Crippen LogP contribution in [0.3, 0.4) is 0 Å². The zero-order valence-electron chi connectivity index (χ0n) is 10.9. The highest BCUT2D eigenvalue weighted by molar-refractivity contribution is 5.84. The molecule has 2 aromatic heterocycles. The van der Waals surface area contributed by atoms with Gasteiger partial charge in [-0.05, 0) is 30.7 Å². The Bertz CT molecular complexity index is 815.